The maximum atomic E-state index is 13.6. The Morgan fingerprint density at radius 3 is 2.63 bits per heavy atom. The van der Waals surface area contributed by atoms with E-state index in [1.54, 1.807) is 6.20 Å². The molecule has 6 rings (SSSR count). The predicted molar refractivity (Wildman–Crippen MR) is 161 cm³/mol. The molecule has 10 heteroatoms. The quantitative estimate of drug-likeness (QED) is 0.335. The van der Waals surface area contributed by atoms with E-state index in [0.717, 1.165) is 64.7 Å². The van der Waals surface area contributed by atoms with E-state index in [0.29, 0.717) is 17.2 Å². The summed E-state index contributed by atoms with van der Waals surface area (Å²) in [5.74, 6) is -0.107. The molecule has 210 valence electrons. The zero-order valence-corrected chi connectivity index (χ0v) is 24.3. The lowest BCUT2D eigenvalue weighted by atomic mass is 9.95. The van der Waals surface area contributed by atoms with Gasteiger partial charge in [-0.1, -0.05) is 17.4 Å². The summed E-state index contributed by atoms with van der Waals surface area (Å²) in [4.78, 5) is 39.6. The lowest BCUT2D eigenvalue weighted by molar-refractivity contribution is -0.114. The van der Waals surface area contributed by atoms with Gasteiger partial charge in [0, 0.05) is 67.7 Å². The summed E-state index contributed by atoms with van der Waals surface area (Å²) in [6, 6.07) is 12.0. The summed E-state index contributed by atoms with van der Waals surface area (Å²) in [6.45, 7) is 11.9. The normalized spacial score (nSPS) is 18.5. The number of carbonyl (C=O) groups excluding carboxylic acids is 2. The summed E-state index contributed by atoms with van der Waals surface area (Å²) in [7, 11) is 0. The van der Waals surface area contributed by atoms with Crippen LogP contribution in [0.3, 0.4) is 0 Å². The van der Waals surface area contributed by atoms with Gasteiger partial charge in [0.2, 0.25) is 5.91 Å². The second-order valence-electron chi connectivity index (χ2n) is 10.8. The van der Waals surface area contributed by atoms with E-state index in [9.17, 15) is 9.59 Å². The molecule has 4 aromatic rings. The number of fused-ring (bicyclic) bond motifs is 3. The van der Waals surface area contributed by atoms with E-state index in [1.165, 1.54) is 18.3 Å². The van der Waals surface area contributed by atoms with Crippen LogP contribution in [0.2, 0.25) is 0 Å². The van der Waals surface area contributed by atoms with Crippen LogP contribution in [-0.2, 0) is 17.6 Å². The Morgan fingerprint density at radius 2 is 1.93 bits per heavy atom. The number of benzene rings is 1. The van der Waals surface area contributed by atoms with E-state index >= 15 is 0 Å². The lowest BCUT2D eigenvalue weighted by Gasteiger charge is -2.43. The maximum Gasteiger partial charge on any atom is 0.254 e. The highest BCUT2D eigenvalue weighted by Crippen LogP contribution is 2.44. The number of nitrogens with one attached hydrogen (secondary N) is 1. The van der Waals surface area contributed by atoms with Gasteiger partial charge in [0.15, 0.2) is 5.13 Å². The molecule has 1 N–H and O–H groups in total. The van der Waals surface area contributed by atoms with Crippen molar-refractivity contribution in [2.75, 3.05) is 25.0 Å². The number of anilines is 1. The largest absolute Gasteiger partial charge is 0.333 e. The monoisotopic (exact) mass is 567 g/mol. The fraction of sp³-hybridized carbons (Fsp3) is 0.323. The fourth-order valence-electron chi connectivity index (χ4n) is 5.81. The molecule has 1 aliphatic carbocycles. The Labute approximate surface area is 243 Å². The van der Waals surface area contributed by atoms with Gasteiger partial charge in [-0.3, -0.25) is 19.5 Å². The van der Waals surface area contributed by atoms with Gasteiger partial charge in [-0.25, -0.2) is 9.67 Å². The zero-order valence-electron chi connectivity index (χ0n) is 23.5. The van der Waals surface area contributed by atoms with Gasteiger partial charge >= 0.3 is 0 Å². The number of thiazole rings is 1. The third kappa shape index (κ3) is 5.09. The van der Waals surface area contributed by atoms with Crippen LogP contribution in [0.25, 0.3) is 27.5 Å². The van der Waals surface area contributed by atoms with Gasteiger partial charge in [-0.15, -0.1) is 6.58 Å². The average molecular weight is 568 g/mol. The number of hydrogen-bond acceptors (Lipinski definition) is 7. The zero-order chi connectivity index (χ0) is 28.7. The number of aryl methyl sites for hydroxylation is 1. The van der Waals surface area contributed by atoms with E-state index < -0.39 is 0 Å². The first-order valence-corrected chi connectivity index (χ1v) is 14.7. The van der Waals surface area contributed by atoms with E-state index in [1.807, 2.05) is 58.3 Å². The van der Waals surface area contributed by atoms with Crippen LogP contribution in [0.1, 0.15) is 42.4 Å². The molecule has 1 aromatic carbocycles. The Bertz CT molecular complexity index is 1610. The van der Waals surface area contributed by atoms with Gasteiger partial charge in [0.25, 0.3) is 5.91 Å². The number of nitrogens with zero attached hydrogens (tertiary/aromatic N) is 6. The Morgan fingerprint density at radius 1 is 1.12 bits per heavy atom. The van der Waals surface area contributed by atoms with Crippen molar-refractivity contribution in [3.63, 3.8) is 0 Å². The molecule has 1 aliphatic heterocycles. The number of rotatable bonds is 6. The molecule has 3 aromatic heterocycles. The molecular weight excluding hydrogens is 534 g/mol. The first-order chi connectivity index (χ1) is 19.8. The van der Waals surface area contributed by atoms with Crippen LogP contribution in [0.15, 0.2) is 61.4 Å². The number of pyridine rings is 1. The molecule has 2 amide bonds. The van der Waals surface area contributed by atoms with Crippen LogP contribution in [0.4, 0.5) is 5.13 Å². The van der Waals surface area contributed by atoms with Crippen LogP contribution in [-0.4, -0.2) is 73.1 Å². The SMILES string of the molecule is C=CCN1CC(C)N(C(=O)c2ccc(-n3nc(-c4cccnc4)c4c3-c3sc(NC(C)=O)nc3CC4)cc2)CC1C. The molecule has 1 fully saturated rings. The Hall–Kier alpha value is -4.15. The van der Waals surface area contributed by atoms with Crippen LogP contribution >= 0.6 is 11.3 Å². The summed E-state index contributed by atoms with van der Waals surface area (Å²) < 4.78 is 1.94. The van der Waals surface area contributed by atoms with Crippen molar-refractivity contribution < 1.29 is 9.59 Å². The highest BCUT2D eigenvalue weighted by atomic mass is 32.1. The van der Waals surface area contributed by atoms with Crippen LogP contribution < -0.4 is 5.32 Å². The lowest BCUT2D eigenvalue weighted by Crippen LogP contribution is -2.57. The van der Waals surface area contributed by atoms with E-state index in [-0.39, 0.29) is 23.9 Å². The van der Waals surface area contributed by atoms with Crippen molar-refractivity contribution >= 4 is 28.3 Å². The maximum absolute atomic E-state index is 13.6. The van der Waals surface area contributed by atoms with Crippen molar-refractivity contribution in [3.05, 3.63) is 78.3 Å². The van der Waals surface area contributed by atoms with E-state index in [4.69, 9.17) is 10.1 Å². The molecule has 0 spiro atoms. The molecule has 41 heavy (non-hydrogen) atoms. The van der Waals surface area contributed by atoms with Crippen molar-refractivity contribution in [1.82, 2.24) is 29.5 Å². The number of amides is 2. The second-order valence-corrected chi connectivity index (χ2v) is 11.7. The average Bonchev–Trinajstić information content (AvgIpc) is 3.56. The summed E-state index contributed by atoms with van der Waals surface area (Å²) >= 11 is 1.46. The molecule has 1 saturated heterocycles. The molecule has 9 nitrogen and oxygen atoms in total. The third-order valence-corrected chi connectivity index (χ3v) is 8.84. The number of carbonyl (C=O) groups is 2. The van der Waals surface area contributed by atoms with Crippen LogP contribution in [0, 0.1) is 0 Å². The molecule has 2 unspecified atom stereocenters. The molecule has 0 saturated carbocycles. The predicted octanol–water partition coefficient (Wildman–Crippen LogP) is 4.84. The summed E-state index contributed by atoms with van der Waals surface area (Å²) in [5, 5.41) is 8.50. The first kappa shape index (κ1) is 27.0. The highest BCUT2D eigenvalue weighted by molar-refractivity contribution is 7.19. The Kier molecular flexibility index (Phi) is 7.27. The molecule has 4 heterocycles. The molecule has 2 aliphatic rings. The topological polar surface area (TPSA) is 96.3 Å². The van der Waals surface area contributed by atoms with Crippen molar-refractivity contribution in [1.29, 1.82) is 0 Å². The smallest absolute Gasteiger partial charge is 0.254 e. The summed E-state index contributed by atoms with van der Waals surface area (Å²) in [5.41, 5.74) is 6.40. The van der Waals surface area contributed by atoms with Gasteiger partial charge in [-0.05, 0) is 63.1 Å². The van der Waals surface area contributed by atoms with Gasteiger partial charge < -0.3 is 10.2 Å². The van der Waals surface area contributed by atoms with Crippen molar-refractivity contribution in [3.8, 4) is 27.5 Å². The minimum atomic E-state index is -0.146. The van der Waals surface area contributed by atoms with Crippen molar-refractivity contribution in [2.24, 2.45) is 0 Å². The fourth-order valence-corrected chi connectivity index (χ4v) is 6.92. The molecule has 0 radical (unpaired) electrons. The standard InChI is InChI=1S/C31H33N7O2S/c1-5-15-36-17-20(3)37(18-19(36)2)30(40)22-8-10-24(11-9-22)38-28-25(27(35-38)23-7-6-14-32-16-23)12-13-26-29(28)41-31(34-26)33-21(4)39/h5-11,14,16,19-20H,1,12-13,15,17-18H2,2-4H3,(H,33,34,39). The van der Waals surface area contributed by atoms with Crippen molar-refractivity contribution in [2.45, 2.75) is 45.7 Å². The van der Waals surface area contributed by atoms with Crippen LogP contribution in [0.5, 0.6) is 0 Å². The minimum absolute atomic E-state index is 0.0392. The second kappa shape index (κ2) is 11.0. The third-order valence-electron chi connectivity index (χ3n) is 7.82. The highest BCUT2D eigenvalue weighted by Gasteiger charge is 2.33. The number of piperazine rings is 1. The number of hydrogen-bond donors (Lipinski definition) is 1. The Balaban J connectivity index is 1.36. The molecule has 0 bridgehead atoms. The van der Waals surface area contributed by atoms with E-state index in [2.05, 4.69) is 35.6 Å². The molecule has 2 atom stereocenters. The number of aromatic nitrogens is 4. The van der Waals surface area contributed by atoms with Gasteiger partial charge in [0.1, 0.15) is 0 Å². The minimum Gasteiger partial charge on any atom is -0.333 e. The van der Waals surface area contributed by atoms with Gasteiger partial charge in [-0.2, -0.15) is 5.10 Å². The van der Waals surface area contributed by atoms with Gasteiger partial charge in [0.05, 0.1) is 27.6 Å². The first-order valence-electron chi connectivity index (χ1n) is 13.9. The summed E-state index contributed by atoms with van der Waals surface area (Å²) in [6.07, 6.45) is 7.05. The molecular formula is C31H33N7O2S.